The minimum absolute atomic E-state index is 0.0750. The normalized spacial score (nSPS) is 28.1. The highest BCUT2D eigenvalue weighted by atomic mass is 16.5. The van der Waals surface area contributed by atoms with Gasteiger partial charge in [-0.15, -0.1) is 0 Å². The first-order chi connectivity index (χ1) is 13.6. The maximum atomic E-state index is 12.2. The molecule has 2 aliphatic rings. The van der Waals surface area contributed by atoms with E-state index < -0.39 is 0 Å². The van der Waals surface area contributed by atoms with Crippen molar-refractivity contribution in [3.8, 4) is 0 Å². The van der Waals surface area contributed by atoms with Crippen molar-refractivity contribution in [1.82, 2.24) is 0 Å². The number of carbonyl (C=O) groups is 1. The van der Waals surface area contributed by atoms with Crippen LogP contribution in [-0.2, 0) is 14.3 Å². The third-order valence-corrected chi connectivity index (χ3v) is 8.30. The van der Waals surface area contributed by atoms with Crippen LogP contribution in [0.2, 0.25) is 0 Å². The molecule has 0 heterocycles. The Morgan fingerprint density at radius 2 is 1.66 bits per heavy atom. The number of ether oxygens (including phenoxy) is 2. The first kappa shape index (κ1) is 24.7. The lowest BCUT2D eigenvalue weighted by Crippen LogP contribution is -2.47. The van der Waals surface area contributed by atoms with Gasteiger partial charge < -0.3 is 14.0 Å². The second kappa shape index (κ2) is 10.6. The topological polar surface area (TPSA) is 35.5 Å². The van der Waals surface area contributed by atoms with Crippen molar-refractivity contribution in [1.29, 1.82) is 0 Å². The van der Waals surface area contributed by atoms with Crippen LogP contribution < -0.4 is 0 Å². The zero-order chi connectivity index (χ0) is 21.5. The summed E-state index contributed by atoms with van der Waals surface area (Å²) in [5.74, 6) is 0.732. The van der Waals surface area contributed by atoms with Gasteiger partial charge in [-0.05, 0) is 42.4 Å². The Morgan fingerprint density at radius 1 is 1.00 bits per heavy atom. The molecule has 2 saturated carbocycles. The minimum atomic E-state index is -0.0750. The number of esters is 1. The summed E-state index contributed by atoms with van der Waals surface area (Å²) in [7, 11) is 4.20. The molecule has 2 bridgehead atoms. The number of fused-ring (bicyclic) bond motifs is 2. The van der Waals surface area contributed by atoms with Crippen LogP contribution in [0.3, 0.4) is 0 Å². The van der Waals surface area contributed by atoms with E-state index in [1.807, 2.05) is 0 Å². The maximum absolute atomic E-state index is 12.2. The molecule has 0 N–H and O–H groups in total. The van der Waals surface area contributed by atoms with Gasteiger partial charge >= 0.3 is 5.97 Å². The number of rotatable bonds is 14. The largest absolute Gasteiger partial charge is 0.462 e. The van der Waals surface area contributed by atoms with E-state index in [1.165, 1.54) is 57.8 Å². The molecule has 0 spiro atoms. The molecule has 0 aliphatic heterocycles. The molecule has 2 rings (SSSR count). The van der Waals surface area contributed by atoms with Crippen LogP contribution in [0.5, 0.6) is 0 Å². The minimum Gasteiger partial charge on any atom is -0.462 e. The Labute approximate surface area is 180 Å². The van der Waals surface area contributed by atoms with E-state index in [-0.39, 0.29) is 5.97 Å². The zero-order valence-electron chi connectivity index (χ0n) is 20.2. The zero-order valence-corrected chi connectivity index (χ0v) is 20.2. The number of quaternary nitrogens is 1. The summed E-state index contributed by atoms with van der Waals surface area (Å²) in [5, 5.41) is 0. The maximum Gasteiger partial charge on any atom is 0.361 e. The van der Waals surface area contributed by atoms with E-state index in [0.29, 0.717) is 34.6 Å². The fourth-order valence-corrected chi connectivity index (χ4v) is 5.54. The summed E-state index contributed by atoms with van der Waals surface area (Å²) in [5.41, 5.74) is 0.701. The predicted octanol–water partition coefficient (Wildman–Crippen LogP) is 5.59. The van der Waals surface area contributed by atoms with Gasteiger partial charge in [0.2, 0.25) is 0 Å². The van der Waals surface area contributed by atoms with Crippen LogP contribution in [0.15, 0.2) is 0 Å². The molecular formula is C25H48NO3+. The molecule has 4 nitrogen and oxygen atoms in total. The smallest absolute Gasteiger partial charge is 0.361 e. The summed E-state index contributed by atoms with van der Waals surface area (Å²) in [6.07, 6.45) is 12.9. The van der Waals surface area contributed by atoms with Crippen molar-refractivity contribution in [3.05, 3.63) is 0 Å². The molecule has 0 aromatic heterocycles. The Morgan fingerprint density at radius 3 is 2.24 bits per heavy atom. The third-order valence-electron chi connectivity index (χ3n) is 8.30. The van der Waals surface area contributed by atoms with Crippen LogP contribution in [0.25, 0.3) is 0 Å². The van der Waals surface area contributed by atoms with Gasteiger partial charge in [-0.2, -0.15) is 0 Å². The van der Waals surface area contributed by atoms with Crippen molar-refractivity contribution >= 4 is 5.97 Å². The van der Waals surface area contributed by atoms with Crippen molar-refractivity contribution in [2.75, 3.05) is 40.4 Å². The van der Waals surface area contributed by atoms with E-state index in [4.69, 9.17) is 9.47 Å². The van der Waals surface area contributed by atoms with E-state index in [9.17, 15) is 4.79 Å². The molecule has 2 aliphatic carbocycles. The quantitative estimate of drug-likeness (QED) is 0.213. The van der Waals surface area contributed by atoms with Crippen molar-refractivity contribution < 1.29 is 18.8 Å². The number of hydrogen-bond donors (Lipinski definition) is 0. The van der Waals surface area contributed by atoms with Crippen LogP contribution in [0, 0.1) is 16.7 Å². The average Bonchev–Trinajstić information content (AvgIpc) is 2.97. The molecule has 0 radical (unpaired) electrons. The van der Waals surface area contributed by atoms with Gasteiger partial charge in [-0.25, -0.2) is 4.79 Å². The van der Waals surface area contributed by atoms with Crippen molar-refractivity contribution in [3.63, 3.8) is 0 Å². The van der Waals surface area contributed by atoms with Gasteiger partial charge in [0.25, 0.3) is 0 Å². The summed E-state index contributed by atoms with van der Waals surface area (Å²) in [6.45, 7) is 12.1. The molecule has 0 aromatic rings. The molecular weight excluding hydrogens is 362 g/mol. The van der Waals surface area contributed by atoms with Gasteiger partial charge in [0, 0.05) is 0 Å². The Kier molecular flexibility index (Phi) is 9.03. The van der Waals surface area contributed by atoms with Gasteiger partial charge in [-0.3, -0.25) is 0 Å². The van der Waals surface area contributed by atoms with E-state index in [2.05, 4.69) is 41.8 Å². The highest BCUT2D eigenvalue weighted by molar-refractivity contribution is 5.70. The lowest BCUT2D eigenvalue weighted by Gasteiger charge is -2.39. The van der Waals surface area contributed by atoms with Crippen LogP contribution >= 0.6 is 0 Å². The second-order valence-electron chi connectivity index (χ2n) is 11.1. The average molecular weight is 411 g/mol. The van der Waals surface area contributed by atoms with Crippen LogP contribution in [0.1, 0.15) is 91.9 Å². The molecule has 2 fully saturated rings. The lowest BCUT2D eigenvalue weighted by atomic mass is 9.70. The molecule has 170 valence electrons. The van der Waals surface area contributed by atoms with Crippen molar-refractivity contribution in [2.45, 2.75) is 98.0 Å². The monoisotopic (exact) mass is 410 g/mol. The Balaban J connectivity index is 1.58. The number of nitrogens with zero attached hydrogens (tertiary/aromatic N) is 1. The second-order valence-corrected chi connectivity index (χ2v) is 11.1. The number of hydrogen-bond acceptors (Lipinski definition) is 3. The summed E-state index contributed by atoms with van der Waals surface area (Å²) < 4.78 is 12.5. The first-order valence-electron chi connectivity index (χ1n) is 12.2. The lowest BCUT2D eigenvalue weighted by molar-refractivity contribution is -0.883. The summed E-state index contributed by atoms with van der Waals surface area (Å²) >= 11 is 0. The Bertz CT molecular complexity index is 516. The SMILES string of the molecule is CCCCCCCCCOC(=O)C[N+](C)(C)CCOC1CC2CCC1(C)C2(C)C. The number of unbranched alkanes of at least 4 members (excludes halogenated alkanes) is 6. The first-order valence-corrected chi connectivity index (χ1v) is 12.2. The van der Waals surface area contributed by atoms with Gasteiger partial charge in [0.1, 0.15) is 6.54 Å². The van der Waals surface area contributed by atoms with Crippen LogP contribution in [0.4, 0.5) is 0 Å². The van der Waals surface area contributed by atoms with Gasteiger partial charge in [0.15, 0.2) is 6.54 Å². The highest BCUT2D eigenvalue weighted by Gasteiger charge is 2.61. The molecule has 4 heteroatoms. The fraction of sp³-hybridized carbons (Fsp3) is 0.960. The van der Waals surface area contributed by atoms with E-state index in [0.717, 1.165) is 25.5 Å². The van der Waals surface area contributed by atoms with Gasteiger partial charge in [-0.1, -0.05) is 66.2 Å². The molecule has 3 unspecified atom stereocenters. The Hall–Kier alpha value is -0.610. The third kappa shape index (κ3) is 6.43. The summed E-state index contributed by atoms with van der Waals surface area (Å²) in [6, 6.07) is 0. The molecule has 0 saturated heterocycles. The molecule has 0 amide bonds. The molecule has 3 atom stereocenters. The molecule has 29 heavy (non-hydrogen) atoms. The van der Waals surface area contributed by atoms with Crippen molar-refractivity contribution in [2.24, 2.45) is 16.7 Å². The van der Waals surface area contributed by atoms with E-state index in [1.54, 1.807) is 0 Å². The van der Waals surface area contributed by atoms with Crippen LogP contribution in [-0.4, -0.2) is 57.0 Å². The molecule has 0 aromatic carbocycles. The predicted molar refractivity (Wildman–Crippen MR) is 120 cm³/mol. The van der Waals surface area contributed by atoms with E-state index >= 15 is 0 Å². The summed E-state index contributed by atoms with van der Waals surface area (Å²) in [4.78, 5) is 12.2. The standard InChI is InChI=1S/C25H48NO3/c1-7-8-9-10-11-12-13-17-29-23(27)20-26(5,6)16-18-28-22-19-21-14-15-25(22,4)24(21,2)3/h21-22H,7-20H2,1-6H3/q+1. The number of likely N-dealkylation sites (N-methyl/N-ethyl adjacent to an activating group) is 1. The fourth-order valence-electron chi connectivity index (χ4n) is 5.54. The number of carbonyl (C=O) groups excluding carboxylic acids is 1. The highest BCUT2D eigenvalue weighted by Crippen LogP contribution is 2.66. The van der Waals surface area contributed by atoms with Gasteiger partial charge in [0.05, 0.1) is 33.4 Å².